The average molecular weight is 239 g/mol. The van der Waals surface area contributed by atoms with Crippen LogP contribution in [0.5, 0.6) is 0 Å². The topological polar surface area (TPSA) is 40.7 Å². The van der Waals surface area contributed by atoms with Crippen molar-refractivity contribution in [2.24, 2.45) is 0 Å². The van der Waals surface area contributed by atoms with Crippen LogP contribution in [0.1, 0.15) is 49.9 Å². The number of nitrogens with zero attached hydrogens (tertiary/aromatic N) is 1. The van der Waals surface area contributed by atoms with E-state index >= 15 is 0 Å². The maximum absolute atomic E-state index is 4.50. The zero-order valence-corrected chi connectivity index (χ0v) is 10.9. The van der Waals surface area contributed by atoms with Crippen molar-refractivity contribution in [3.8, 4) is 0 Å². The molecule has 0 spiro atoms. The van der Waals surface area contributed by atoms with Crippen LogP contribution in [-0.2, 0) is 6.54 Å². The largest absolute Gasteiger partial charge is 0.344 e. The number of hydrogen-bond acceptors (Lipinski definition) is 3. The van der Waals surface area contributed by atoms with Crippen LogP contribution in [-0.4, -0.2) is 21.8 Å². The Labute approximate surface area is 102 Å². The molecular formula is C12H21N3S. The van der Waals surface area contributed by atoms with Gasteiger partial charge in [0, 0.05) is 24.5 Å². The van der Waals surface area contributed by atoms with Crippen LogP contribution in [0.4, 0.5) is 0 Å². The second kappa shape index (κ2) is 5.73. The van der Waals surface area contributed by atoms with Gasteiger partial charge in [-0.05, 0) is 18.6 Å². The highest BCUT2D eigenvalue weighted by Crippen LogP contribution is 2.36. The Balaban J connectivity index is 1.90. The molecule has 0 radical (unpaired) electrons. The first kappa shape index (κ1) is 12.0. The standard InChI is InChI=1S/C12H21N3S/c1-9(2)13-7-10-8-14-12(15-10)11-5-3-4-6-16-11/h8-9,11,13H,3-7H2,1-2H3,(H,14,15). The minimum absolute atomic E-state index is 0.524. The first-order chi connectivity index (χ1) is 7.75. The number of hydrogen-bond donors (Lipinski definition) is 2. The van der Waals surface area contributed by atoms with Gasteiger partial charge in [-0.3, -0.25) is 0 Å². The molecule has 1 aromatic rings. The SMILES string of the molecule is CC(C)NCc1cnc(C2CCCCS2)[nH]1. The Bertz CT molecular complexity index is 316. The van der Waals surface area contributed by atoms with E-state index in [1.54, 1.807) is 0 Å². The van der Waals surface area contributed by atoms with E-state index in [-0.39, 0.29) is 0 Å². The van der Waals surface area contributed by atoms with Gasteiger partial charge in [-0.25, -0.2) is 4.98 Å². The predicted molar refractivity (Wildman–Crippen MR) is 69.6 cm³/mol. The molecule has 1 aromatic heterocycles. The lowest BCUT2D eigenvalue weighted by Gasteiger charge is -2.18. The quantitative estimate of drug-likeness (QED) is 0.849. The lowest BCUT2D eigenvalue weighted by molar-refractivity contribution is 0.581. The Morgan fingerprint density at radius 2 is 2.44 bits per heavy atom. The lowest BCUT2D eigenvalue weighted by atomic mass is 10.2. The summed E-state index contributed by atoms with van der Waals surface area (Å²) in [4.78, 5) is 7.95. The van der Waals surface area contributed by atoms with E-state index in [9.17, 15) is 0 Å². The van der Waals surface area contributed by atoms with Crippen LogP contribution in [0.25, 0.3) is 0 Å². The molecule has 0 aliphatic carbocycles. The molecule has 0 saturated carbocycles. The molecule has 90 valence electrons. The van der Waals surface area contributed by atoms with Crippen LogP contribution in [0.3, 0.4) is 0 Å². The third-order valence-corrected chi connectivity index (χ3v) is 4.22. The van der Waals surface area contributed by atoms with Gasteiger partial charge >= 0.3 is 0 Å². The minimum atomic E-state index is 0.524. The number of rotatable bonds is 4. The van der Waals surface area contributed by atoms with Gasteiger partial charge < -0.3 is 10.3 Å². The molecule has 2 N–H and O–H groups in total. The molecule has 2 rings (SSSR count). The van der Waals surface area contributed by atoms with Crippen LogP contribution >= 0.6 is 11.8 Å². The number of aromatic amines is 1. The van der Waals surface area contributed by atoms with E-state index in [0.717, 1.165) is 6.54 Å². The van der Waals surface area contributed by atoms with Crippen LogP contribution < -0.4 is 5.32 Å². The molecule has 16 heavy (non-hydrogen) atoms. The molecule has 1 saturated heterocycles. The van der Waals surface area contributed by atoms with Crippen LogP contribution in [0.15, 0.2) is 6.20 Å². The molecule has 1 fully saturated rings. The first-order valence-corrected chi connectivity index (χ1v) is 7.19. The fourth-order valence-electron chi connectivity index (χ4n) is 1.90. The number of H-pyrrole nitrogens is 1. The summed E-state index contributed by atoms with van der Waals surface area (Å²) in [5.41, 5.74) is 1.20. The highest BCUT2D eigenvalue weighted by molar-refractivity contribution is 7.99. The molecule has 1 aliphatic heterocycles. The fraction of sp³-hybridized carbons (Fsp3) is 0.750. The minimum Gasteiger partial charge on any atom is -0.344 e. The van der Waals surface area contributed by atoms with Gasteiger partial charge in [-0.15, -0.1) is 0 Å². The summed E-state index contributed by atoms with van der Waals surface area (Å²) in [6, 6.07) is 0.524. The van der Waals surface area contributed by atoms with Gasteiger partial charge in [0.15, 0.2) is 0 Å². The van der Waals surface area contributed by atoms with E-state index < -0.39 is 0 Å². The van der Waals surface area contributed by atoms with Crippen molar-refractivity contribution in [3.05, 3.63) is 17.7 Å². The predicted octanol–water partition coefficient (Wildman–Crippen LogP) is 2.87. The zero-order chi connectivity index (χ0) is 11.4. The van der Waals surface area contributed by atoms with Crippen molar-refractivity contribution in [2.75, 3.05) is 5.75 Å². The smallest absolute Gasteiger partial charge is 0.119 e. The lowest BCUT2D eigenvalue weighted by Crippen LogP contribution is -2.22. The first-order valence-electron chi connectivity index (χ1n) is 6.14. The molecule has 1 atom stereocenters. The zero-order valence-electron chi connectivity index (χ0n) is 10.1. The molecule has 1 aliphatic rings. The fourth-order valence-corrected chi connectivity index (χ4v) is 3.17. The molecule has 2 heterocycles. The van der Waals surface area contributed by atoms with Crippen LogP contribution in [0, 0.1) is 0 Å². The normalized spacial score (nSPS) is 21.6. The van der Waals surface area contributed by atoms with E-state index in [1.165, 1.54) is 36.5 Å². The summed E-state index contributed by atoms with van der Waals surface area (Å²) in [5.74, 6) is 2.45. The number of thioether (sulfide) groups is 1. The Morgan fingerprint density at radius 1 is 1.56 bits per heavy atom. The number of nitrogens with one attached hydrogen (secondary N) is 2. The molecule has 1 unspecified atom stereocenters. The summed E-state index contributed by atoms with van der Waals surface area (Å²) in [5, 5.41) is 4.00. The Kier molecular flexibility index (Phi) is 4.29. The summed E-state index contributed by atoms with van der Waals surface area (Å²) in [6.07, 6.45) is 5.96. The highest BCUT2D eigenvalue weighted by atomic mass is 32.2. The van der Waals surface area contributed by atoms with Crippen molar-refractivity contribution in [3.63, 3.8) is 0 Å². The Morgan fingerprint density at radius 3 is 3.12 bits per heavy atom. The summed E-state index contributed by atoms with van der Waals surface area (Å²) in [7, 11) is 0. The van der Waals surface area contributed by atoms with Crippen molar-refractivity contribution in [1.29, 1.82) is 0 Å². The second-order valence-electron chi connectivity index (χ2n) is 4.68. The monoisotopic (exact) mass is 239 g/mol. The third kappa shape index (κ3) is 3.25. The van der Waals surface area contributed by atoms with E-state index in [0.29, 0.717) is 11.3 Å². The molecule has 3 nitrogen and oxygen atoms in total. The average Bonchev–Trinajstić information content (AvgIpc) is 2.76. The number of aromatic nitrogens is 2. The molecule has 0 aromatic carbocycles. The summed E-state index contributed by atoms with van der Waals surface area (Å²) < 4.78 is 0. The second-order valence-corrected chi connectivity index (χ2v) is 6.00. The van der Waals surface area contributed by atoms with E-state index in [2.05, 4.69) is 29.1 Å². The van der Waals surface area contributed by atoms with Gasteiger partial charge in [0.2, 0.25) is 0 Å². The van der Waals surface area contributed by atoms with Gasteiger partial charge in [-0.2, -0.15) is 11.8 Å². The van der Waals surface area contributed by atoms with Crippen molar-refractivity contribution < 1.29 is 0 Å². The third-order valence-electron chi connectivity index (χ3n) is 2.83. The molecule has 4 heteroatoms. The van der Waals surface area contributed by atoms with Crippen molar-refractivity contribution in [2.45, 2.75) is 50.9 Å². The highest BCUT2D eigenvalue weighted by Gasteiger charge is 2.18. The van der Waals surface area contributed by atoms with E-state index in [4.69, 9.17) is 0 Å². The van der Waals surface area contributed by atoms with Gasteiger partial charge in [0.05, 0.1) is 5.25 Å². The molecule has 0 bridgehead atoms. The van der Waals surface area contributed by atoms with Crippen molar-refractivity contribution >= 4 is 11.8 Å². The maximum atomic E-state index is 4.50. The van der Waals surface area contributed by atoms with Gasteiger partial charge in [-0.1, -0.05) is 20.3 Å². The van der Waals surface area contributed by atoms with E-state index in [1.807, 2.05) is 18.0 Å². The van der Waals surface area contributed by atoms with Gasteiger partial charge in [0.1, 0.15) is 5.82 Å². The molecular weight excluding hydrogens is 218 g/mol. The Hall–Kier alpha value is -0.480. The summed E-state index contributed by atoms with van der Waals surface area (Å²) >= 11 is 2.04. The summed E-state index contributed by atoms with van der Waals surface area (Å²) in [6.45, 7) is 5.21. The number of imidazole rings is 1. The van der Waals surface area contributed by atoms with Gasteiger partial charge in [0.25, 0.3) is 0 Å². The maximum Gasteiger partial charge on any atom is 0.119 e. The van der Waals surface area contributed by atoms with Crippen LogP contribution in [0.2, 0.25) is 0 Å². The van der Waals surface area contributed by atoms with Crippen molar-refractivity contribution in [1.82, 2.24) is 15.3 Å². The molecule has 0 amide bonds.